The van der Waals surface area contributed by atoms with Crippen LogP contribution in [0.15, 0.2) is 18.2 Å². The number of alkyl halides is 3. The quantitative estimate of drug-likeness (QED) is 0.700. The first-order chi connectivity index (χ1) is 15.1. The fraction of sp³-hybridized carbons (Fsp3) is 0.636. The van der Waals surface area contributed by atoms with Gasteiger partial charge in [-0.2, -0.15) is 13.2 Å². The topological polar surface area (TPSA) is 55.9 Å². The van der Waals surface area contributed by atoms with Crippen molar-refractivity contribution in [1.82, 2.24) is 20.0 Å². The van der Waals surface area contributed by atoms with Crippen molar-refractivity contribution in [1.29, 1.82) is 0 Å². The van der Waals surface area contributed by atoms with Crippen LogP contribution in [0.4, 0.5) is 22.4 Å². The first-order valence-electron chi connectivity index (χ1n) is 11.0. The molecule has 4 saturated heterocycles. The third kappa shape index (κ3) is 3.82. The van der Waals surface area contributed by atoms with E-state index < -0.39 is 17.6 Å². The molecule has 174 valence electrons. The number of hydrogen-bond donors (Lipinski definition) is 1. The highest BCUT2D eigenvalue weighted by atomic mass is 19.4. The van der Waals surface area contributed by atoms with Crippen LogP contribution in [0.1, 0.15) is 36.8 Å². The number of nitrogens with zero attached hydrogens (tertiary/aromatic N) is 3. The Morgan fingerprint density at radius 3 is 2.28 bits per heavy atom. The second-order valence-electron chi connectivity index (χ2n) is 9.90. The van der Waals surface area contributed by atoms with Crippen molar-refractivity contribution in [2.24, 2.45) is 5.41 Å². The van der Waals surface area contributed by atoms with Gasteiger partial charge >= 0.3 is 12.2 Å². The van der Waals surface area contributed by atoms with E-state index in [9.17, 15) is 27.2 Å². The van der Waals surface area contributed by atoms with Gasteiger partial charge < -0.3 is 15.1 Å². The third-order valence-electron chi connectivity index (χ3n) is 7.48. The number of benzene rings is 1. The van der Waals surface area contributed by atoms with Gasteiger partial charge in [0.1, 0.15) is 5.82 Å². The van der Waals surface area contributed by atoms with E-state index in [2.05, 4.69) is 5.32 Å². The van der Waals surface area contributed by atoms with Gasteiger partial charge in [-0.15, -0.1) is 0 Å². The average Bonchev–Trinajstić information content (AvgIpc) is 3.08. The molecular weight excluding hydrogens is 428 g/mol. The lowest BCUT2D eigenvalue weighted by molar-refractivity contribution is -0.137. The van der Waals surface area contributed by atoms with E-state index in [4.69, 9.17) is 0 Å². The molecule has 4 fully saturated rings. The summed E-state index contributed by atoms with van der Waals surface area (Å²) in [6, 6.07) is 2.73. The average molecular weight is 454 g/mol. The molecule has 0 saturated carbocycles. The largest absolute Gasteiger partial charge is 0.416 e. The number of carbonyl (C=O) groups is 2. The molecule has 0 unspecified atom stereocenters. The van der Waals surface area contributed by atoms with Gasteiger partial charge in [0.15, 0.2) is 0 Å². The number of amides is 3. The highest BCUT2D eigenvalue weighted by Crippen LogP contribution is 2.42. The lowest BCUT2D eigenvalue weighted by Gasteiger charge is -2.55. The number of piperidine rings is 1. The summed E-state index contributed by atoms with van der Waals surface area (Å²) < 4.78 is 52.3. The molecule has 2 spiro atoms. The molecule has 3 amide bonds. The summed E-state index contributed by atoms with van der Waals surface area (Å²) in [6.45, 7) is 4.28. The standard InChI is InChI=1S/C22H26F4N4O2/c23-17-9-16(22(24,25)26)2-1-15(17)10-28-11-20(12-28)5-7-29(8-6-20)19(32)30-13-21(14-30)4-3-18(31)27-21/h1-2,9H,3-8,10-14H2,(H,27,31). The Hall–Kier alpha value is -2.36. The smallest absolute Gasteiger partial charge is 0.347 e. The molecule has 6 nitrogen and oxygen atoms in total. The molecule has 4 aliphatic heterocycles. The van der Waals surface area contributed by atoms with Crippen LogP contribution in [-0.4, -0.2) is 71.4 Å². The van der Waals surface area contributed by atoms with Crippen molar-refractivity contribution in [3.63, 3.8) is 0 Å². The zero-order valence-electron chi connectivity index (χ0n) is 17.7. The van der Waals surface area contributed by atoms with Gasteiger partial charge in [-0.25, -0.2) is 9.18 Å². The zero-order chi connectivity index (χ0) is 22.7. The maximum absolute atomic E-state index is 14.1. The van der Waals surface area contributed by atoms with Crippen LogP contribution in [0.3, 0.4) is 0 Å². The molecule has 4 heterocycles. The van der Waals surface area contributed by atoms with Crippen LogP contribution in [0.25, 0.3) is 0 Å². The van der Waals surface area contributed by atoms with Gasteiger partial charge in [0.2, 0.25) is 5.91 Å². The van der Waals surface area contributed by atoms with E-state index >= 15 is 0 Å². The number of urea groups is 1. The van der Waals surface area contributed by atoms with Gasteiger partial charge in [0, 0.05) is 57.8 Å². The maximum Gasteiger partial charge on any atom is 0.416 e. The lowest BCUT2D eigenvalue weighted by Crippen LogP contribution is -2.70. The van der Waals surface area contributed by atoms with E-state index in [1.165, 1.54) is 6.07 Å². The molecule has 4 aliphatic rings. The first kappa shape index (κ1) is 21.5. The number of rotatable bonds is 2. The van der Waals surface area contributed by atoms with Crippen molar-refractivity contribution >= 4 is 11.9 Å². The van der Waals surface area contributed by atoms with Crippen molar-refractivity contribution in [3.05, 3.63) is 35.1 Å². The Balaban J connectivity index is 1.09. The van der Waals surface area contributed by atoms with Gasteiger partial charge in [-0.3, -0.25) is 9.69 Å². The maximum atomic E-state index is 14.1. The fourth-order valence-corrected chi connectivity index (χ4v) is 5.63. The van der Waals surface area contributed by atoms with Crippen molar-refractivity contribution < 1.29 is 27.2 Å². The Morgan fingerprint density at radius 2 is 1.72 bits per heavy atom. The van der Waals surface area contributed by atoms with E-state index in [-0.39, 0.29) is 35.0 Å². The summed E-state index contributed by atoms with van der Waals surface area (Å²) in [5.74, 6) is -0.769. The minimum absolute atomic E-state index is 0.0228. The molecule has 0 atom stereocenters. The van der Waals surface area contributed by atoms with Crippen LogP contribution in [0.2, 0.25) is 0 Å². The van der Waals surface area contributed by atoms with Crippen molar-refractivity contribution in [3.8, 4) is 0 Å². The van der Waals surface area contributed by atoms with E-state index in [0.717, 1.165) is 38.4 Å². The van der Waals surface area contributed by atoms with Crippen LogP contribution >= 0.6 is 0 Å². The number of nitrogens with one attached hydrogen (secondary N) is 1. The summed E-state index contributed by atoms with van der Waals surface area (Å²) in [7, 11) is 0. The molecule has 5 rings (SSSR count). The Bertz CT molecular complexity index is 928. The predicted molar refractivity (Wildman–Crippen MR) is 107 cm³/mol. The van der Waals surface area contributed by atoms with Gasteiger partial charge in [0.05, 0.1) is 11.1 Å². The van der Waals surface area contributed by atoms with Gasteiger partial charge in [-0.1, -0.05) is 6.07 Å². The van der Waals surface area contributed by atoms with Crippen LogP contribution < -0.4 is 5.32 Å². The lowest BCUT2D eigenvalue weighted by atomic mass is 9.72. The van der Waals surface area contributed by atoms with Crippen LogP contribution in [0, 0.1) is 11.2 Å². The van der Waals surface area contributed by atoms with E-state index in [0.29, 0.717) is 38.7 Å². The number of halogens is 4. The molecule has 1 N–H and O–H groups in total. The molecule has 32 heavy (non-hydrogen) atoms. The number of likely N-dealkylation sites (tertiary alicyclic amines) is 3. The highest BCUT2D eigenvalue weighted by molar-refractivity contribution is 5.82. The molecule has 0 aromatic heterocycles. The van der Waals surface area contributed by atoms with Gasteiger partial charge in [-0.05, 0) is 36.8 Å². The molecule has 1 aromatic rings. The summed E-state index contributed by atoms with van der Waals surface area (Å²) in [5.41, 5.74) is -0.828. The second-order valence-corrected chi connectivity index (χ2v) is 9.90. The molecule has 0 aliphatic carbocycles. The first-order valence-corrected chi connectivity index (χ1v) is 11.0. The molecule has 1 aromatic carbocycles. The number of hydrogen-bond acceptors (Lipinski definition) is 3. The van der Waals surface area contributed by atoms with E-state index in [1.54, 1.807) is 4.90 Å². The summed E-state index contributed by atoms with van der Waals surface area (Å²) in [6.07, 6.45) is -1.51. The Kier molecular flexibility index (Phi) is 4.92. The second kappa shape index (κ2) is 7.33. The monoisotopic (exact) mass is 454 g/mol. The SMILES string of the molecule is O=C1CCC2(CN(C(=O)N3CCC4(CC3)CN(Cc3ccc(C(F)(F)F)cc3F)C4)C2)N1. The van der Waals surface area contributed by atoms with Gasteiger partial charge in [0.25, 0.3) is 0 Å². The minimum atomic E-state index is -4.55. The molecule has 10 heteroatoms. The Morgan fingerprint density at radius 1 is 1.03 bits per heavy atom. The summed E-state index contributed by atoms with van der Waals surface area (Å²) in [5, 5.41) is 2.99. The number of carbonyl (C=O) groups excluding carboxylic acids is 2. The highest BCUT2D eigenvalue weighted by Gasteiger charge is 2.51. The fourth-order valence-electron chi connectivity index (χ4n) is 5.63. The van der Waals surface area contributed by atoms with E-state index in [1.807, 2.05) is 9.80 Å². The summed E-state index contributed by atoms with van der Waals surface area (Å²) >= 11 is 0. The van der Waals surface area contributed by atoms with Crippen molar-refractivity contribution in [2.75, 3.05) is 39.3 Å². The molecule has 0 radical (unpaired) electrons. The van der Waals surface area contributed by atoms with Crippen molar-refractivity contribution in [2.45, 2.75) is 43.9 Å². The minimum Gasteiger partial charge on any atom is -0.347 e. The molecule has 0 bridgehead atoms. The zero-order valence-corrected chi connectivity index (χ0v) is 17.7. The third-order valence-corrected chi connectivity index (χ3v) is 7.48. The normalized spacial score (nSPS) is 24.4. The summed E-state index contributed by atoms with van der Waals surface area (Å²) in [4.78, 5) is 29.9. The predicted octanol–water partition coefficient (Wildman–Crippen LogP) is 2.83. The molecular formula is C22H26F4N4O2. The van der Waals surface area contributed by atoms with Crippen LogP contribution in [0.5, 0.6) is 0 Å². The van der Waals surface area contributed by atoms with Crippen LogP contribution in [-0.2, 0) is 17.5 Å². The Labute approximate surface area is 183 Å².